The monoisotopic (exact) mass is 223 g/mol. The Hall–Kier alpha value is -0.970. The van der Waals surface area contributed by atoms with Crippen LogP contribution in [0.25, 0.3) is 0 Å². The van der Waals surface area contributed by atoms with E-state index in [4.69, 9.17) is 5.73 Å². The summed E-state index contributed by atoms with van der Waals surface area (Å²) in [5.41, 5.74) is 6.28. The first-order valence-corrected chi connectivity index (χ1v) is 6.30. The van der Waals surface area contributed by atoms with Crippen LogP contribution in [0.2, 0.25) is 0 Å². The molecule has 5 heteroatoms. The lowest BCUT2D eigenvalue weighted by Crippen LogP contribution is -2.30. The van der Waals surface area contributed by atoms with Crippen LogP contribution in [0, 0.1) is 5.92 Å². The molecule has 5 nitrogen and oxygen atoms in total. The molecule has 2 unspecified atom stereocenters. The van der Waals surface area contributed by atoms with Gasteiger partial charge in [0.2, 0.25) is 0 Å². The van der Waals surface area contributed by atoms with Gasteiger partial charge in [-0.15, -0.1) is 10.2 Å². The van der Waals surface area contributed by atoms with E-state index in [0.717, 1.165) is 18.7 Å². The lowest BCUT2D eigenvalue weighted by atomic mass is 9.88. The zero-order chi connectivity index (χ0) is 11.4. The summed E-state index contributed by atoms with van der Waals surface area (Å²) in [7, 11) is 0. The molecule has 1 aromatic rings. The second kappa shape index (κ2) is 5.39. The normalized spacial score (nSPS) is 21.1. The van der Waals surface area contributed by atoms with Crippen LogP contribution in [0.1, 0.15) is 57.2 Å². The van der Waals surface area contributed by atoms with Crippen molar-refractivity contribution < 1.29 is 0 Å². The van der Waals surface area contributed by atoms with Crippen LogP contribution in [-0.4, -0.2) is 26.7 Å². The molecular formula is C11H21N5. The van der Waals surface area contributed by atoms with E-state index in [1.807, 2.05) is 0 Å². The molecule has 1 saturated carbocycles. The van der Waals surface area contributed by atoms with Crippen molar-refractivity contribution >= 4 is 0 Å². The molecule has 2 atom stereocenters. The molecule has 2 rings (SSSR count). The molecule has 0 aliphatic heterocycles. The molecule has 0 radical (unpaired) electrons. The van der Waals surface area contributed by atoms with E-state index in [2.05, 4.69) is 27.5 Å². The Bertz CT molecular complexity index is 291. The van der Waals surface area contributed by atoms with E-state index in [0.29, 0.717) is 17.9 Å². The third kappa shape index (κ3) is 2.58. The average Bonchev–Trinajstić information content (AvgIpc) is 2.96. The summed E-state index contributed by atoms with van der Waals surface area (Å²) < 4.78 is 0. The minimum absolute atomic E-state index is 0.297. The van der Waals surface area contributed by atoms with E-state index < -0.39 is 0 Å². The highest BCUT2D eigenvalue weighted by Crippen LogP contribution is 2.31. The van der Waals surface area contributed by atoms with Gasteiger partial charge in [0.05, 0.1) is 0 Å². The van der Waals surface area contributed by atoms with Gasteiger partial charge in [0.25, 0.3) is 0 Å². The molecule has 0 saturated heterocycles. The second-order valence-electron chi connectivity index (χ2n) is 4.82. The summed E-state index contributed by atoms with van der Waals surface area (Å²) in [6, 6.07) is 0.297. The molecule has 1 heterocycles. The lowest BCUT2D eigenvalue weighted by Gasteiger charge is -2.22. The topological polar surface area (TPSA) is 80.5 Å². The molecule has 16 heavy (non-hydrogen) atoms. The molecule has 1 aliphatic rings. The van der Waals surface area contributed by atoms with Gasteiger partial charge in [0, 0.05) is 12.0 Å². The highest BCUT2D eigenvalue weighted by molar-refractivity contribution is 4.93. The molecule has 3 N–H and O–H groups in total. The van der Waals surface area contributed by atoms with E-state index in [9.17, 15) is 0 Å². The Morgan fingerprint density at radius 1 is 1.44 bits per heavy atom. The van der Waals surface area contributed by atoms with Crippen LogP contribution in [0.4, 0.5) is 0 Å². The van der Waals surface area contributed by atoms with E-state index in [1.165, 1.54) is 25.7 Å². The zero-order valence-corrected chi connectivity index (χ0v) is 9.89. The Balaban J connectivity index is 1.91. The number of hydrogen-bond donors (Lipinski definition) is 2. The Morgan fingerprint density at radius 2 is 2.19 bits per heavy atom. The van der Waals surface area contributed by atoms with Gasteiger partial charge < -0.3 is 5.73 Å². The fourth-order valence-corrected chi connectivity index (χ4v) is 2.70. The van der Waals surface area contributed by atoms with Crippen LogP contribution in [0.15, 0.2) is 0 Å². The first kappa shape index (κ1) is 11.5. The van der Waals surface area contributed by atoms with E-state index in [1.54, 1.807) is 0 Å². The third-order valence-electron chi connectivity index (χ3n) is 3.78. The first-order chi connectivity index (χ1) is 7.81. The number of hydrogen-bond acceptors (Lipinski definition) is 4. The summed E-state index contributed by atoms with van der Waals surface area (Å²) in [5.74, 6) is 1.88. The van der Waals surface area contributed by atoms with Gasteiger partial charge in [0.15, 0.2) is 5.82 Å². The largest absolute Gasteiger partial charge is 0.327 e. The predicted octanol–water partition coefficient (Wildman–Crippen LogP) is 1.60. The minimum atomic E-state index is 0.297. The van der Waals surface area contributed by atoms with Crippen molar-refractivity contribution in [2.75, 3.05) is 0 Å². The fraction of sp³-hybridized carbons (Fsp3) is 0.909. The zero-order valence-electron chi connectivity index (χ0n) is 9.89. The molecule has 1 fully saturated rings. The quantitative estimate of drug-likeness (QED) is 0.794. The average molecular weight is 223 g/mol. The van der Waals surface area contributed by atoms with Crippen molar-refractivity contribution in [2.24, 2.45) is 11.7 Å². The number of H-pyrrole nitrogens is 1. The highest BCUT2D eigenvalue weighted by Gasteiger charge is 2.26. The Morgan fingerprint density at radius 3 is 2.75 bits per heavy atom. The number of aromatic amines is 1. The van der Waals surface area contributed by atoms with Crippen molar-refractivity contribution in [2.45, 2.75) is 57.4 Å². The molecule has 0 bridgehead atoms. The number of aromatic nitrogens is 4. The van der Waals surface area contributed by atoms with Crippen LogP contribution in [0.3, 0.4) is 0 Å². The highest BCUT2D eigenvalue weighted by atomic mass is 15.5. The standard InChI is InChI=1S/C11H21N5/c1-2-8(11-13-15-16-14-11)7-10(12)9-5-3-4-6-9/h8-10H,2-7,12H2,1H3,(H,13,14,15,16). The second-order valence-corrected chi connectivity index (χ2v) is 4.82. The number of nitrogens with zero attached hydrogens (tertiary/aromatic N) is 3. The summed E-state index contributed by atoms with van der Waals surface area (Å²) in [5, 5.41) is 14.3. The number of nitrogens with one attached hydrogen (secondary N) is 1. The smallest absolute Gasteiger partial charge is 0.177 e. The summed E-state index contributed by atoms with van der Waals surface area (Å²) in [6.07, 6.45) is 7.29. The van der Waals surface area contributed by atoms with Crippen molar-refractivity contribution in [1.82, 2.24) is 20.6 Å². The van der Waals surface area contributed by atoms with E-state index >= 15 is 0 Å². The molecule has 0 amide bonds. The van der Waals surface area contributed by atoms with Crippen molar-refractivity contribution in [3.63, 3.8) is 0 Å². The minimum Gasteiger partial charge on any atom is -0.327 e. The van der Waals surface area contributed by atoms with Crippen LogP contribution < -0.4 is 5.73 Å². The summed E-state index contributed by atoms with van der Waals surface area (Å²) in [4.78, 5) is 0. The Labute approximate surface area is 96.2 Å². The predicted molar refractivity (Wildman–Crippen MR) is 61.8 cm³/mol. The SMILES string of the molecule is CCC(CC(N)C1CCCC1)c1nn[nH]n1. The van der Waals surface area contributed by atoms with Crippen LogP contribution in [-0.2, 0) is 0 Å². The van der Waals surface area contributed by atoms with Crippen molar-refractivity contribution in [3.05, 3.63) is 5.82 Å². The number of nitrogens with two attached hydrogens (primary N) is 1. The lowest BCUT2D eigenvalue weighted by molar-refractivity contribution is 0.374. The van der Waals surface area contributed by atoms with Gasteiger partial charge in [-0.3, -0.25) is 0 Å². The molecule has 1 aliphatic carbocycles. The fourth-order valence-electron chi connectivity index (χ4n) is 2.70. The van der Waals surface area contributed by atoms with Crippen molar-refractivity contribution in [3.8, 4) is 0 Å². The third-order valence-corrected chi connectivity index (χ3v) is 3.78. The first-order valence-electron chi connectivity index (χ1n) is 6.30. The molecule has 0 spiro atoms. The van der Waals surface area contributed by atoms with Gasteiger partial charge in [-0.05, 0) is 31.6 Å². The van der Waals surface area contributed by atoms with Crippen LogP contribution >= 0.6 is 0 Å². The van der Waals surface area contributed by atoms with Gasteiger partial charge in [-0.25, -0.2) is 0 Å². The molecule has 1 aromatic heterocycles. The summed E-state index contributed by atoms with van der Waals surface area (Å²) >= 11 is 0. The van der Waals surface area contributed by atoms with Crippen molar-refractivity contribution in [1.29, 1.82) is 0 Å². The van der Waals surface area contributed by atoms with Gasteiger partial charge >= 0.3 is 0 Å². The van der Waals surface area contributed by atoms with Gasteiger partial charge in [-0.2, -0.15) is 5.21 Å². The number of tetrazole rings is 1. The maximum Gasteiger partial charge on any atom is 0.177 e. The number of rotatable bonds is 5. The maximum absolute atomic E-state index is 6.28. The van der Waals surface area contributed by atoms with E-state index in [-0.39, 0.29) is 0 Å². The van der Waals surface area contributed by atoms with Crippen LogP contribution in [0.5, 0.6) is 0 Å². The molecule has 90 valence electrons. The van der Waals surface area contributed by atoms with Gasteiger partial charge in [0.1, 0.15) is 0 Å². The Kier molecular flexibility index (Phi) is 3.88. The maximum atomic E-state index is 6.28. The van der Waals surface area contributed by atoms with Gasteiger partial charge in [-0.1, -0.05) is 25.0 Å². The molecular weight excluding hydrogens is 202 g/mol. The molecule has 0 aromatic carbocycles. The summed E-state index contributed by atoms with van der Waals surface area (Å²) in [6.45, 7) is 2.16.